The van der Waals surface area contributed by atoms with E-state index in [-0.39, 0.29) is 0 Å². The first-order chi connectivity index (χ1) is 4.96. The van der Waals surface area contributed by atoms with Crippen molar-refractivity contribution in [2.45, 2.75) is 23.7 Å². The van der Waals surface area contributed by atoms with Gasteiger partial charge in [-0.3, -0.25) is 0 Å². The molecule has 3 heteroatoms. The first-order valence-electron chi connectivity index (χ1n) is 4.39. The van der Waals surface area contributed by atoms with Gasteiger partial charge in [0.05, 0.1) is 0 Å². The van der Waals surface area contributed by atoms with Crippen LogP contribution in [0.15, 0.2) is 0 Å². The minimum absolute atomic E-state index is 1.19. The first kappa shape index (κ1) is 11.7. The summed E-state index contributed by atoms with van der Waals surface area (Å²) >= 11 is -1.97. The van der Waals surface area contributed by atoms with Gasteiger partial charge in [0.1, 0.15) is 0 Å². The molecule has 0 aliphatic carbocycles. The first-order valence-corrected chi connectivity index (χ1v) is 12.6. The van der Waals surface area contributed by atoms with Crippen LogP contribution >= 0.6 is 0 Å². The molecule has 2 nitrogen and oxygen atoms in total. The van der Waals surface area contributed by atoms with Crippen LogP contribution in [-0.2, 0) is 0 Å². The molecule has 68 valence electrons. The van der Waals surface area contributed by atoms with Crippen LogP contribution in [0, 0.1) is 0 Å². The number of hydrogen-bond donors (Lipinski definition) is 0. The summed E-state index contributed by atoms with van der Waals surface area (Å²) < 4.78 is 5.11. The Balaban J connectivity index is 4.18. The molecule has 0 aromatic heterocycles. The quantitative estimate of drug-likeness (QED) is 0.712. The summed E-state index contributed by atoms with van der Waals surface area (Å²) in [6.45, 7) is 6.85. The van der Waals surface area contributed by atoms with Crippen molar-refractivity contribution >= 4 is 18.9 Å². The van der Waals surface area contributed by atoms with Crippen molar-refractivity contribution in [1.82, 2.24) is 6.24 Å². The molecular formula is C8H22N2Sn. The Bertz CT molecular complexity index is 103. The molecule has 0 unspecified atom stereocenters. The van der Waals surface area contributed by atoms with Gasteiger partial charge in [-0.15, -0.1) is 0 Å². The molecule has 0 saturated carbocycles. The minimum atomic E-state index is -1.97. The van der Waals surface area contributed by atoms with Crippen molar-refractivity contribution in [3.63, 3.8) is 0 Å². The molecule has 0 fully saturated rings. The SMILES string of the molecule is CC[N](C)[Sn]([CH3])([CH3])[N](C)CC. The Morgan fingerprint density at radius 2 is 1.18 bits per heavy atom. The Morgan fingerprint density at radius 3 is 1.36 bits per heavy atom. The molecule has 0 amide bonds. The second-order valence-corrected chi connectivity index (χ2v) is 16.4. The third-order valence-corrected chi connectivity index (χ3v) is 15.3. The Labute approximate surface area is 76.1 Å². The van der Waals surface area contributed by atoms with Gasteiger partial charge in [0.2, 0.25) is 0 Å². The zero-order valence-corrected chi connectivity index (χ0v) is 11.7. The molecule has 0 N–H and O–H groups in total. The van der Waals surface area contributed by atoms with Crippen LogP contribution in [0.25, 0.3) is 0 Å². The van der Waals surface area contributed by atoms with Crippen molar-refractivity contribution in [3.8, 4) is 0 Å². The van der Waals surface area contributed by atoms with E-state index in [1.165, 1.54) is 13.1 Å². The molecule has 0 atom stereocenters. The number of hydrogen-bond acceptors (Lipinski definition) is 2. The standard InChI is InChI=1S/2C3H8N.2CH3.Sn/c2*1-3-4-2;;;/h2*3H2,1-2H3;2*1H3;/q2*-1;;;+2. The van der Waals surface area contributed by atoms with E-state index in [9.17, 15) is 0 Å². The molecular weight excluding hydrogens is 243 g/mol. The normalized spacial score (nSPS) is 13.1. The van der Waals surface area contributed by atoms with Crippen molar-refractivity contribution in [3.05, 3.63) is 0 Å². The Kier molecular flexibility index (Phi) is 4.98. The van der Waals surface area contributed by atoms with Gasteiger partial charge in [-0.1, -0.05) is 0 Å². The Hall–Kier alpha value is 0.719. The van der Waals surface area contributed by atoms with E-state index in [1.807, 2.05) is 0 Å². The van der Waals surface area contributed by atoms with E-state index in [0.29, 0.717) is 0 Å². The molecule has 0 aliphatic heterocycles. The molecule has 0 aromatic rings. The van der Waals surface area contributed by atoms with Gasteiger partial charge in [0.15, 0.2) is 0 Å². The van der Waals surface area contributed by atoms with E-state index in [0.717, 1.165) is 0 Å². The van der Waals surface area contributed by atoms with Gasteiger partial charge < -0.3 is 0 Å². The fourth-order valence-corrected chi connectivity index (χ4v) is 7.15. The average molecular weight is 265 g/mol. The molecule has 0 bridgehead atoms. The predicted molar refractivity (Wildman–Crippen MR) is 54.1 cm³/mol. The zero-order valence-electron chi connectivity index (χ0n) is 8.81. The average Bonchev–Trinajstić information content (AvgIpc) is 2.01. The zero-order chi connectivity index (χ0) is 9.07. The molecule has 0 aliphatic rings. The second kappa shape index (κ2) is 4.67. The van der Waals surface area contributed by atoms with Crippen molar-refractivity contribution in [2.75, 3.05) is 27.2 Å². The third-order valence-electron chi connectivity index (χ3n) is 2.82. The summed E-state index contributed by atoms with van der Waals surface area (Å²) in [4.78, 5) is 4.92. The molecule has 0 heterocycles. The van der Waals surface area contributed by atoms with E-state index in [4.69, 9.17) is 0 Å². The van der Waals surface area contributed by atoms with E-state index >= 15 is 0 Å². The van der Waals surface area contributed by atoms with Crippen molar-refractivity contribution in [2.24, 2.45) is 0 Å². The predicted octanol–water partition coefficient (Wildman–Crippen LogP) is 1.59. The van der Waals surface area contributed by atoms with Crippen LogP contribution in [0.3, 0.4) is 0 Å². The van der Waals surface area contributed by atoms with Crippen LogP contribution < -0.4 is 0 Å². The number of nitrogens with zero attached hydrogens (tertiary/aromatic N) is 2. The second-order valence-electron chi connectivity index (χ2n) is 3.52. The topological polar surface area (TPSA) is 6.48 Å². The van der Waals surface area contributed by atoms with Gasteiger partial charge in [-0.05, 0) is 0 Å². The molecule has 0 saturated heterocycles. The van der Waals surface area contributed by atoms with Crippen LogP contribution in [0.2, 0.25) is 9.88 Å². The summed E-state index contributed by atoms with van der Waals surface area (Å²) in [6, 6.07) is 0. The third kappa shape index (κ3) is 2.92. The van der Waals surface area contributed by atoms with Gasteiger partial charge in [0.25, 0.3) is 0 Å². The van der Waals surface area contributed by atoms with Gasteiger partial charge in [-0.2, -0.15) is 0 Å². The fraction of sp³-hybridized carbons (Fsp3) is 1.00. The molecule has 0 rings (SSSR count). The molecule has 0 aromatic carbocycles. The van der Waals surface area contributed by atoms with E-state index in [1.54, 1.807) is 0 Å². The number of rotatable bonds is 4. The molecule has 0 radical (unpaired) electrons. The van der Waals surface area contributed by atoms with Gasteiger partial charge in [-0.25, -0.2) is 0 Å². The monoisotopic (exact) mass is 266 g/mol. The van der Waals surface area contributed by atoms with E-state index in [2.05, 4.69) is 44.1 Å². The van der Waals surface area contributed by atoms with Crippen LogP contribution in [0.1, 0.15) is 13.8 Å². The van der Waals surface area contributed by atoms with E-state index < -0.39 is 18.9 Å². The van der Waals surface area contributed by atoms with Gasteiger partial charge >= 0.3 is 76.1 Å². The maximum atomic E-state index is 2.55. The maximum absolute atomic E-state index is 2.55. The molecule has 11 heavy (non-hydrogen) atoms. The summed E-state index contributed by atoms with van der Waals surface area (Å²) in [6.07, 6.45) is 0. The molecule has 0 spiro atoms. The van der Waals surface area contributed by atoms with Crippen LogP contribution in [0.5, 0.6) is 0 Å². The van der Waals surface area contributed by atoms with Crippen molar-refractivity contribution in [1.29, 1.82) is 0 Å². The fourth-order valence-electron chi connectivity index (χ4n) is 1.07. The van der Waals surface area contributed by atoms with Gasteiger partial charge in [0, 0.05) is 0 Å². The summed E-state index contributed by atoms with van der Waals surface area (Å²) in [5, 5.41) is 0. The van der Waals surface area contributed by atoms with Crippen LogP contribution in [0.4, 0.5) is 0 Å². The van der Waals surface area contributed by atoms with Crippen molar-refractivity contribution < 1.29 is 0 Å². The summed E-state index contributed by atoms with van der Waals surface area (Å²) in [7, 11) is 4.50. The summed E-state index contributed by atoms with van der Waals surface area (Å²) in [5.74, 6) is 0. The van der Waals surface area contributed by atoms with Crippen LogP contribution in [-0.4, -0.2) is 52.4 Å². The Morgan fingerprint density at radius 1 is 0.909 bits per heavy atom. The summed E-state index contributed by atoms with van der Waals surface area (Å²) in [5.41, 5.74) is 0.